The van der Waals surface area contributed by atoms with Crippen molar-refractivity contribution in [3.05, 3.63) is 24.0 Å². The molecule has 23 heavy (non-hydrogen) atoms. The van der Waals surface area contributed by atoms with Crippen molar-refractivity contribution in [2.24, 2.45) is 5.73 Å². The van der Waals surface area contributed by atoms with E-state index < -0.39 is 11.5 Å². The van der Waals surface area contributed by atoms with Crippen LogP contribution in [0.1, 0.15) is 36.2 Å². The molecule has 2 aliphatic heterocycles. The van der Waals surface area contributed by atoms with Crippen LogP contribution in [0.3, 0.4) is 0 Å². The predicted octanol–water partition coefficient (Wildman–Crippen LogP) is 0.134. The van der Waals surface area contributed by atoms with E-state index in [4.69, 9.17) is 5.73 Å². The quantitative estimate of drug-likeness (QED) is 0.825. The monoisotopic (exact) mass is 318 g/mol. The normalized spacial score (nSPS) is 24.7. The van der Waals surface area contributed by atoms with Crippen molar-refractivity contribution >= 4 is 17.5 Å². The van der Waals surface area contributed by atoms with Gasteiger partial charge in [0.15, 0.2) is 5.60 Å². The number of hydrogen-bond donors (Lipinski definition) is 2. The van der Waals surface area contributed by atoms with Gasteiger partial charge in [0.2, 0.25) is 0 Å². The van der Waals surface area contributed by atoms with E-state index in [1.807, 2.05) is 6.07 Å². The van der Waals surface area contributed by atoms with Gasteiger partial charge in [0.05, 0.1) is 6.54 Å². The van der Waals surface area contributed by atoms with E-state index in [1.54, 1.807) is 12.3 Å². The van der Waals surface area contributed by atoms with Crippen LogP contribution >= 0.6 is 0 Å². The minimum Gasteiger partial charge on any atom is -0.378 e. The second-order valence-electron chi connectivity index (χ2n) is 6.32. The molecular formula is C16H22N4O3. The molecule has 7 nitrogen and oxygen atoms in total. The summed E-state index contributed by atoms with van der Waals surface area (Å²) >= 11 is 0. The predicted molar refractivity (Wildman–Crippen MR) is 85.0 cm³/mol. The van der Waals surface area contributed by atoms with E-state index in [-0.39, 0.29) is 18.9 Å². The summed E-state index contributed by atoms with van der Waals surface area (Å²) in [5.41, 5.74) is 4.95. The number of carbonyl (C=O) groups excluding carboxylic acids is 2. The first kappa shape index (κ1) is 15.7. The van der Waals surface area contributed by atoms with Gasteiger partial charge < -0.3 is 20.6 Å². The average Bonchev–Trinajstić information content (AvgIpc) is 3.09. The maximum absolute atomic E-state index is 12.7. The molecule has 3 rings (SSSR count). The number of primary amides is 1. The molecule has 0 aliphatic carbocycles. The Morgan fingerprint density at radius 2 is 1.96 bits per heavy atom. The minimum absolute atomic E-state index is 0.0726. The maximum Gasteiger partial charge on any atom is 0.272 e. The molecule has 1 aromatic heterocycles. The number of β-amino-alcohol motifs (C(OH)–C–C–N with tert-alkyl or cyclic N) is 1. The SMILES string of the molecule is NC(=O)C1(O)CCCN(C(=O)c2cc(N3CCCC3)ccn2)C1. The van der Waals surface area contributed by atoms with Gasteiger partial charge in [0, 0.05) is 31.5 Å². The Kier molecular flexibility index (Phi) is 4.21. The number of anilines is 1. The van der Waals surface area contributed by atoms with Crippen molar-refractivity contribution in [2.75, 3.05) is 31.1 Å². The molecule has 7 heteroatoms. The lowest BCUT2D eigenvalue weighted by molar-refractivity contribution is -0.140. The van der Waals surface area contributed by atoms with Gasteiger partial charge in [-0.3, -0.25) is 14.6 Å². The summed E-state index contributed by atoms with van der Waals surface area (Å²) in [4.78, 5) is 31.9. The summed E-state index contributed by atoms with van der Waals surface area (Å²) in [5.74, 6) is -1.06. The molecule has 3 N–H and O–H groups in total. The second-order valence-corrected chi connectivity index (χ2v) is 6.32. The summed E-state index contributed by atoms with van der Waals surface area (Å²) in [6, 6.07) is 3.68. The highest BCUT2D eigenvalue weighted by Crippen LogP contribution is 2.24. The van der Waals surface area contributed by atoms with Crippen LogP contribution in [-0.4, -0.2) is 58.6 Å². The van der Waals surface area contributed by atoms with Crippen LogP contribution < -0.4 is 10.6 Å². The van der Waals surface area contributed by atoms with Crippen molar-refractivity contribution in [1.82, 2.24) is 9.88 Å². The number of amides is 2. The fraction of sp³-hybridized carbons (Fsp3) is 0.562. The van der Waals surface area contributed by atoms with Crippen LogP contribution in [0.4, 0.5) is 5.69 Å². The zero-order valence-electron chi connectivity index (χ0n) is 13.1. The van der Waals surface area contributed by atoms with Crippen LogP contribution in [0.2, 0.25) is 0 Å². The van der Waals surface area contributed by atoms with Crippen LogP contribution in [-0.2, 0) is 4.79 Å². The molecule has 0 saturated carbocycles. The van der Waals surface area contributed by atoms with Crippen molar-refractivity contribution in [3.63, 3.8) is 0 Å². The van der Waals surface area contributed by atoms with Crippen molar-refractivity contribution < 1.29 is 14.7 Å². The molecule has 1 aromatic rings. The zero-order valence-corrected chi connectivity index (χ0v) is 13.1. The molecular weight excluding hydrogens is 296 g/mol. The molecule has 2 amide bonds. The van der Waals surface area contributed by atoms with E-state index in [9.17, 15) is 14.7 Å². The topological polar surface area (TPSA) is 99.8 Å². The number of nitrogens with two attached hydrogens (primary N) is 1. The lowest BCUT2D eigenvalue weighted by Crippen LogP contribution is -2.57. The Morgan fingerprint density at radius 1 is 1.22 bits per heavy atom. The number of piperidine rings is 1. The third-order valence-electron chi connectivity index (χ3n) is 4.65. The maximum atomic E-state index is 12.7. The highest BCUT2D eigenvalue weighted by molar-refractivity contribution is 5.94. The summed E-state index contributed by atoms with van der Waals surface area (Å²) in [5, 5.41) is 10.2. The van der Waals surface area contributed by atoms with Gasteiger partial charge in [-0.25, -0.2) is 0 Å². The van der Waals surface area contributed by atoms with Crippen LogP contribution in [0.15, 0.2) is 18.3 Å². The van der Waals surface area contributed by atoms with Crippen LogP contribution in [0.25, 0.3) is 0 Å². The second kappa shape index (κ2) is 6.16. The molecule has 124 valence electrons. The van der Waals surface area contributed by atoms with E-state index in [2.05, 4.69) is 9.88 Å². The largest absolute Gasteiger partial charge is 0.378 e. The number of pyridine rings is 1. The van der Waals surface area contributed by atoms with E-state index in [1.165, 1.54) is 4.90 Å². The molecule has 2 saturated heterocycles. The third-order valence-corrected chi connectivity index (χ3v) is 4.65. The van der Waals surface area contributed by atoms with Gasteiger partial charge in [-0.15, -0.1) is 0 Å². The summed E-state index contributed by atoms with van der Waals surface area (Å²) in [6.45, 7) is 2.40. The lowest BCUT2D eigenvalue weighted by Gasteiger charge is -2.36. The molecule has 0 spiro atoms. The summed E-state index contributed by atoms with van der Waals surface area (Å²) in [7, 11) is 0. The Hall–Kier alpha value is -2.15. The van der Waals surface area contributed by atoms with Crippen LogP contribution in [0.5, 0.6) is 0 Å². The van der Waals surface area contributed by atoms with Crippen molar-refractivity contribution in [3.8, 4) is 0 Å². The number of rotatable bonds is 3. The molecule has 0 aromatic carbocycles. The van der Waals surface area contributed by atoms with Gasteiger partial charge in [0.25, 0.3) is 11.8 Å². The molecule has 1 unspecified atom stereocenters. The number of hydrogen-bond acceptors (Lipinski definition) is 5. The third kappa shape index (κ3) is 3.14. The summed E-state index contributed by atoms with van der Waals surface area (Å²) in [6.07, 6.45) is 4.77. The smallest absolute Gasteiger partial charge is 0.272 e. The highest BCUT2D eigenvalue weighted by Gasteiger charge is 2.40. The van der Waals surface area contributed by atoms with E-state index in [0.717, 1.165) is 31.6 Å². The average molecular weight is 318 g/mol. The first-order valence-corrected chi connectivity index (χ1v) is 8.02. The summed E-state index contributed by atoms with van der Waals surface area (Å²) < 4.78 is 0. The van der Waals surface area contributed by atoms with Gasteiger partial charge in [-0.05, 0) is 37.8 Å². The molecule has 0 radical (unpaired) electrons. The Balaban J connectivity index is 1.77. The van der Waals surface area contributed by atoms with Gasteiger partial charge >= 0.3 is 0 Å². The number of aliphatic hydroxyl groups is 1. The standard InChI is InChI=1S/C16H22N4O3/c17-15(22)16(23)5-3-9-20(11-16)14(21)13-10-12(4-6-18-13)19-7-1-2-8-19/h4,6,10,23H,1-3,5,7-9,11H2,(H2,17,22). The van der Waals surface area contributed by atoms with Crippen LogP contribution in [0, 0.1) is 0 Å². The van der Waals surface area contributed by atoms with E-state index in [0.29, 0.717) is 18.7 Å². The van der Waals surface area contributed by atoms with Gasteiger partial charge in [-0.1, -0.05) is 0 Å². The molecule has 2 aliphatic rings. The number of aromatic nitrogens is 1. The zero-order chi connectivity index (χ0) is 16.4. The fourth-order valence-corrected chi connectivity index (χ4v) is 3.28. The fourth-order valence-electron chi connectivity index (χ4n) is 3.28. The van der Waals surface area contributed by atoms with E-state index >= 15 is 0 Å². The Morgan fingerprint density at radius 3 is 2.65 bits per heavy atom. The first-order valence-electron chi connectivity index (χ1n) is 8.02. The van der Waals surface area contributed by atoms with Crippen molar-refractivity contribution in [1.29, 1.82) is 0 Å². The number of carbonyl (C=O) groups is 2. The Bertz CT molecular complexity index is 615. The molecule has 1 atom stereocenters. The van der Waals surface area contributed by atoms with Crippen molar-refractivity contribution in [2.45, 2.75) is 31.3 Å². The lowest BCUT2D eigenvalue weighted by atomic mass is 9.92. The van der Waals surface area contributed by atoms with Gasteiger partial charge in [0.1, 0.15) is 5.69 Å². The molecule has 3 heterocycles. The molecule has 0 bridgehead atoms. The Labute approximate surface area is 135 Å². The number of nitrogens with zero attached hydrogens (tertiary/aromatic N) is 3. The molecule has 2 fully saturated rings. The number of likely N-dealkylation sites (tertiary alicyclic amines) is 1. The highest BCUT2D eigenvalue weighted by atomic mass is 16.3. The van der Waals surface area contributed by atoms with Gasteiger partial charge in [-0.2, -0.15) is 0 Å². The first-order chi connectivity index (χ1) is 11.0. The minimum atomic E-state index is -1.64.